The zero-order valence-electron chi connectivity index (χ0n) is 25.1. The van der Waals surface area contributed by atoms with E-state index in [4.69, 9.17) is 15.2 Å². The Morgan fingerprint density at radius 2 is 1.85 bits per heavy atom. The summed E-state index contributed by atoms with van der Waals surface area (Å²) in [6, 6.07) is 5.12. The Kier molecular flexibility index (Phi) is 7.61. The van der Waals surface area contributed by atoms with Crippen LogP contribution >= 0.6 is 0 Å². The number of halogens is 7. The summed E-state index contributed by atoms with van der Waals surface area (Å²) in [6.07, 6.45) is -7.25. The van der Waals surface area contributed by atoms with Gasteiger partial charge in [-0.05, 0) is 56.2 Å². The Bertz CT molecular complexity index is 1970. The van der Waals surface area contributed by atoms with Gasteiger partial charge in [0, 0.05) is 28.3 Å². The number of methoxy groups -OCH3 is 1. The number of carbonyl (C=O) groups excluding carboxylic acids is 2. The number of pyridine rings is 1. The molecule has 4 aromatic rings. The zero-order chi connectivity index (χ0) is 35.0. The highest BCUT2D eigenvalue weighted by Crippen LogP contribution is 2.48. The Balaban J connectivity index is 1.43. The maximum Gasteiger partial charge on any atom is 0.424 e. The molecule has 2 aromatic carbocycles. The second-order valence-electron chi connectivity index (χ2n) is 11.9. The summed E-state index contributed by atoms with van der Waals surface area (Å²) < 4.78 is 112. The topological polar surface area (TPSA) is 142 Å². The second kappa shape index (κ2) is 11.1. The summed E-state index contributed by atoms with van der Waals surface area (Å²) in [6.45, 7) is -0.816. The maximum atomic E-state index is 14.8. The second-order valence-corrected chi connectivity index (χ2v) is 11.9. The van der Waals surface area contributed by atoms with Crippen LogP contribution in [0.1, 0.15) is 53.0 Å². The highest BCUT2D eigenvalue weighted by Gasteiger charge is 2.58. The van der Waals surface area contributed by atoms with Gasteiger partial charge in [0.1, 0.15) is 40.5 Å². The molecule has 17 heteroatoms. The number of carbonyl (C=O) groups is 2. The quantitative estimate of drug-likeness (QED) is 0.225. The Morgan fingerprint density at radius 3 is 2.46 bits per heavy atom. The predicted octanol–water partition coefficient (Wildman–Crippen LogP) is 4.92. The van der Waals surface area contributed by atoms with E-state index in [0.29, 0.717) is 29.1 Å². The van der Waals surface area contributed by atoms with Gasteiger partial charge in [0.2, 0.25) is 11.5 Å². The van der Waals surface area contributed by atoms with Crippen LogP contribution < -0.4 is 20.5 Å². The third-order valence-electron chi connectivity index (χ3n) is 8.55. The number of benzene rings is 2. The van der Waals surface area contributed by atoms with E-state index < -0.39 is 76.7 Å². The molecule has 2 atom stereocenters. The number of hydrogen-bond donors (Lipinski definition) is 3. The van der Waals surface area contributed by atoms with E-state index in [1.54, 1.807) is 10.9 Å². The Labute approximate surface area is 266 Å². The Hall–Kier alpha value is -4.93. The first-order valence-electron chi connectivity index (χ1n) is 14.4. The number of nitrogens with two attached hydrogens (primary N) is 1. The SMILES string of the molecule is COc1cc(C(=O)NCC(O)(c2cc3c(c(-c4ccc(F)c(C(F)(F)F)c4)n2)OC[C@]3(C)C(N)=O)C(F)(F)F)cc2cn(C3CC3)nc12. The monoisotopic (exact) mass is 681 g/mol. The lowest BCUT2D eigenvalue weighted by Crippen LogP contribution is -2.51. The van der Waals surface area contributed by atoms with Gasteiger partial charge in [0.15, 0.2) is 0 Å². The highest BCUT2D eigenvalue weighted by molar-refractivity contribution is 6.00. The normalized spacial score (nSPS) is 19.0. The van der Waals surface area contributed by atoms with Crippen LogP contribution in [0.15, 0.2) is 42.6 Å². The number of rotatable bonds is 8. The van der Waals surface area contributed by atoms with Crippen molar-refractivity contribution >= 4 is 22.7 Å². The number of nitrogens with one attached hydrogen (secondary N) is 1. The number of fused-ring (bicyclic) bond motifs is 2. The van der Waals surface area contributed by atoms with Crippen LogP contribution in [0.2, 0.25) is 0 Å². The van der Waals surface area contributed by atoms with E-state index in [1.807, 2.05) is 0 Å². The van der Waals surface area contributed by atoms with Gasteiger partial charge in [-0.25, -0.2) is 9.37 Å². The molecule has 0 saturated heterocycles. The summed E-state index contributed by atoms with van der Waals surface area (Å²) in [5.74, 6) is -3.97. The molecule has 0 spiro atoms. The molecule has 1 fully saturated rings. The number of amides is 2. The van der Waals surface area contributed by atoms with E-state index in [-0.39, 0.29) is 28.7 Å². The smallest absolute Gasteiger partial charge is 0.424 e. The average molecular weight is 682 g/mol. The summed E-state index contributed by atoms with van der Waals surface area (Å²) in [5, 5.41) is 18.2. The van der Waals surface area contributed by atoms with Crippen molar-refractivity contribution in [2.45, 2.75) is 49.2 Å². The lowest BCUT2D eigenvalue weighted by molar-refractivity contribution is -0.265. The minimum atomic E-state index is -5.55. The van der Waals surface area contributed by atoms with Crippen LogP contribution in [0.4, 0.5) is 30.7 Å². The van der Waals surface area contributed by atoms with E-state index in [9.17, 15) is 45.4 Å². The number of nitrogens with zero attached hydrogens (tertiary/aromatic N) is 3. The van der Waals surface area contributed by atoms with Gasteiger partial charge in [-0.3, -0.25) is 14.3 Å². The fourth-order valence-electron chi connectivity index (χ4n) is 5.47. The lowest BCUT2D eigenvalue weighted by atomic mass is 9.81. The van der Waals surface area contributed by atoms with Gasteiger partial charge >= 0.3 is 12.4 Å². The van der Waals surface area contributed by atoms with Crippen molar-refractivity contribution in [3.8, 4) is 22.8 Å². The first-order chi connectivity index (χ1) is 22.4. The number of primary amides is 1. The first kappa shape index (κ1) is 33.0. The molecule has 3 heterocycles. The van der Waals surface area contributed by atoms with Crippen LogP contribution in [0.3, 0.4) is 0 Å². The molecule has 2 aromatic heterocycles. The molecule has 2 aliphatic rings. The molecule has 0 radical (unpaired) electrons. The molecule has 6 rings (SSSR count). The fraction of sp³-hybridized carbons (Fsp3) is 0.355. The molecule has 10 nitrogen and oxygen atoms in total. The third kappa shape index (κ3) is 5.44. The van der Waals surface area contributed by atoms with E-state index in [1.165, 1.54) is 26.2 Å². The van der Waals surface area contributed by atoms with Crippen LogP contribution in [0, 0.1) is 5.82 Å². The van der Waals surface area contributed by atoms with Gasteiger partial charge < -0.3 is 25.6 Å². The predicted molar refractivity (Wildman–Crippen MR) is 154 cm³/mol. The first-order valence-corrected chi connectivity index (χ1v) is 14.4. The van der Waals surface area contributed by atoms with Crippen molar-refractivity contribution in [3.63, 3.8) is 0 Å². The van der Waals surface area contributed by atoms with Crippen molar-refractivity contribution in [1.29, 1.82) is 0 Å². The molecule has 4 N–H and O–H groups in total. The minimum Gasteiger partial charge on any atom is -0.494 e. The number of aromatic nitrogens is 3. The van der Waals surface area contributed by atoms with Gasteiger partial charge in [0.25, 0.3) is 5.91 Å². The molecule has 1 saturated carbocycles. The van der Waals surface area contributed by atoms with Crippen molar-refractivity contribution < 1.29 is 54.9 Å². The molecule has 48 heavy (non-hydrogen) atoms. The number of alkyl halides is 6. The van der Waals surface area contributed by atoms with Gasteiger partial charge in [0.05, 0.1) is 31.0 Å². The van der Waals surface area contributed by atoms with Crippen molar-refractivity contribution in [3.05, 3.63) is 70.8 Å². The largest absolute Gasteiger partial charge is 0.494 e. The molecule has 2 amide bonds. The average Bonchev–Trinajstić information content (AvgIpc) is 3.69. The van der Waals surface area contributed by atoms with Crippen molar-refractivity contribution in [1.82, 2.24) is 20.1 Å². The van der Waals surface area contributed by atoms with Crippen LogP contribution in [0.25, 0.3) is 22.2 Å². The molecular weight excluding hydrogens is 655 g/mol. The summed E-state index contributed by atoms with van der Waals surface area (Å²) >= 11 is 0. The summed E-state index contributed by atoms with van der Waals surface area (Å²) in [7, 11) is 1.33. The zero-order valence-corrected chi connectivity index (χ0v) is 25.1. The molecule has 1 aliphatic carbocycles. The number of aliphatic hydroxyl groups is 1. The third-order valence-corrected chi connectivity index (χ3v) is 8.55. The minimum absolute atomic E-state index is 0.123. The summed E-state index contributed by atoms with van der Waals surface area (Å²) in [5.41, 5.74) is -4.38. The van der Waals surface area contributed by atoms with E-state index in [2.05, 4.69) is 15.4 Å². The van der Waals surface area contributed by atoms with Crippen LogP contribution in [-0.4, -0.2) is 58.1 Å². The lowest BCUT2D eigenvalue weighted by Gasteiger charge is -2.31. The molecule has 1 unspecified atom stereocenters. The van der Waals surface area contributed by atoms with E-state index >= 15 is 0 Å². The van der Waals surface area contributed by atoms with Crippen molar-refractivity contribution in [2.24, 2.45) is 5.73 Å². The molecule has 1 aliphatic heterocycles. The number of ether oxygens (including phenoxy) is 2. The standard InChI is InChI=1S/C31H26F7N5O5/c1-28(27(39)45)13-48-25-19(28)10-22(41-24(25)14-3-6-20(32)18(8-14)30(33,34)35)29(46,31(36,37)38)12-40-26(44)15-7-16-11-43(17-4-5-17)42-23(16)21(9-15)47-2/h3,6-11,17,46H,4-5,12-13H2,1-2H3,(H2,39,45)(H,40,44)/t28-,29?/m0/s1. The molecular formula is C31H26F7N5O5. The highest BCUT2D eigenvalue weighted by atomic mass is 19.4. The molecule has 254 valence electrons. The van der Waals surface area contributed by atoms with Crippen LogP contribution in [0.5, 0.6) is 11.5 Å². The fourth-order valence-corrected chi connectivity index (χ4v) is 5.47. The number of hydrogen-bond acceptors (Lipinski definition) is 7. The molecule has 0 bridgehead atoms. The van der Waals surface area contributed by atoms with Gasteiger partial charge in [-0.1, -0.05) is 0 Å². The van der Waals surface area contributed by atoms with Crippen molar-refractivity contribution in [2.75, 3.05) is 20.3 Å². The summed E-state index contributed by atoms with van der Waals surface area (Å²) in [4.78, 5) is 29.5. The Morgan fingerprint density at radius 1 is 1.15 bits per heavy atom. The van der Waals surface area contributed by atoms with Crippen LogP contribution in [-0.2, 0) is 22.0 Å². The van der Waals surface area contributed by atoms with Gasteiger partial charge in [-0.15, -0.1) is 0 Å². The maximum absolute atomic E-state index is 14.8. The van der Waals surface area contributed by atoms with Gasteiger partial charge in [-0.2, -0.15) is 31.4 Å². The van der Waals surface area contributed by atoms with E-state index in [0.717, 1.165) is 18.9 Å².